The Morgan fingerprint density at radius 1 is 1.00 bits per heavy atom. The standard InChI is InChI=1S/C23H23FN4O2/c1-14-9-10-21(15(2)11-14)28-16(3)12-18(17(28)4)13-25-27-23(30)22(29)26-20-8-6-5-7-19(20)24/h5-13H,1-4H3,(H,26,29)(H,27,30)/b25-13-. The first-order valence-electron chi connectivity index (χ1n) is 9.43. The quantitative estimate of drug-likeness (QED) is 0.391. The zero-order chi connectivity index (χ0) is 21.8. The number of hydrazone groups is 1. The second-order valence-corrected chi connectivity index (χ2v) is 7.08. The van der Waals surface area contributed by atoms with Gasteiger partial charge in [-0.25, -0.2) is 9.82 Å². The number of hydrogen-bond acceptors (Lipinski definition) is 3. The summed E-state index contributed by atoms with van der Waals surface area (Å²) in [5.74, 6) is -2.61. The summed E-state index contributed by atoms with van der Waals surface area (Å²) in [6.45, 7) is 8.06. The molecule has 2 aromatic carbocycles. The predicted molar refractivity (Wildman–Crippen MR) is 115 cm³/mol. The van der Waals surface area contributed by atoms with Crippen LogP contribution >= 0.6 is 0 Å². The fourth-order valence-corrected chi connectivity index (χ4v) is 3.30. The average Bonchev–Trinajstić information content (AvgIpc) is 2.97. The van der Waals surface area contributed by atoms with Crippen molar-refractivity contribution in [1.82, 2.24) is 9.99 Å². The molecule has 2 N–H and O–H groups in total. The van der Waals surface area contributed by atoms with Crippen LogP contribution in [0.15, 0.2) is 53.6 Å². The van der Waals surface area contributed by atoms with E-state index in [0.29, 0.717) is 0 Å². The van der Waals surface area contributed by atoms with Crippen molar-refractivity contribution in [3.05, 3.63) is 82.4 Å². The summed E-state index contributed by atoms with van der Waals surface area (Å²) in [7, 11) is 0. The molecule has 2 amide bonds. The van der Waals surface area contributed by atoms with Gasteiger partial charge in [0, 0.05) is 22.6 Å². The van der Waals surface area contributed by atoms with Crippen LogP contribution in [0.2, 0.25) is 0 Å². The van der Waals surface area contributed by atoms with Gasteiger partial charge in [-0.15, -0.1) is 0 Å². The molecular weight excluding hydrogens is 383 g/mol. The lowest BCUT2D eigenvalue weighted by molar-refractivity contribution is -0.136. The molecule has 0 saturated heterocycles. The molecule has 0 aliphatic rings. The summed E-state index contributed by atoms with van der Waals surface area (Å²) < 4.78 is 15.7. The first-order chi connectivity index (χ1) is 14.3. The number of para-hydroxylation sites is 1. The second kappa shape index (κ2) is 8.73. The van der Waals surface area contributed by atoms with Gasteiger partial charge in [0.2, 0.25) is 0 Å². The highest BCUT2D eigenvalue weighted by atomic mass is 19.1. The first-order valence-corrected chi connectivity index (χ1v) is 9.43. The normalized spacial score (nSPS) is 11.0. The molecule has 0 saturated carbocycles. The van der Waals surface area contributed by atoms with E-state index in [2.05, 4.69) is 52.5 Å². The predicted octanol–water partition coefficient (Wildman–Crippen LogP) is 3.94. The number of carbonyl (C=O) groups excluding carboxylic acids is 2. The van der Waals surface area contributed by atoms with E-state index in [9.17, 15) is 14.0 Å². The molecular formula is C23H23FN4O2. The molecule has 0 aliphatic carbocycles. The van der Waals surface area contributed by atoms with Gasteiger partial charge in [0.15, 0.2) is 0 Å². The molecule has 0 unspecified atom stereocenters. The highest BCUT2D eigenvalue weighted by molar-refractivity contribution is 6.39. The van der Waals surface area contributed by atoms with Crippen LogP contribution < -0.4 is 10.7 Å². The van der Waals surface area contributed by atoms with E-state index in [-0.39, 0.29) is 5.69 Å². The molecule has 30 heavy (non-hydrogen) atoms. The molecule has 0 aliphatic heterocycles. The van der Waals surface area contributed by atoms with Crippen molar-refractivity contribution in [2.45, 2.75) is 27.7 Å². The maximum atomic E-state index is 13.6. The minimum Gasteiger partial charge on any atom is -0.318 e. The fourth-order valence-electron chi connectivity index (χ4n) is 3.30. The van der Waals surface area contributed by atoms with E-state index in [1.165, 1.54) is 30.0 Å². The molecule has 0 bridgehead atoms. The van der Waals surface area contributed by atoms with Crippen molar-refractivity contribution in [1.29, 1.82) is 0 Å². The van der Waals surface area contributed by atoms with Gasteiger partial charge >= 0.3 is 11.8 Å². The van der Waals surface area contributed by atoms with Crippen LogP contribution in [0.4, 0.5) is 10.1 Å². The Bertz CT molecular complexity index is 1150. The van der Waals surface area contributed by atoms with E-state index in [4.69, 9.17) is 0 Å². The molecule has 3 rings (SSSR count). The van der Waals surface area contributed by atoms with Crippen LogP contribution in [-0.4, -0.2) is 22.6 Å². The number of carbonyl (C=O) groups is 2. The molecule has 3 aromatic rings. The summed E-state index contributed by atoms with van der Waals surface area (Å²) >= 11 is 0. The Labute approximate surface area is 174 Å². The Morgan fingerprint density at radius 3 is 2.43 bits per heavy atom. The summed E-state index contributed by atoms with van der Waals surface area (Å²) in [5, 5.41) is 6.09. The van der Waals surface area contributed by atoms with Crippen molar-refractivity contribution >= 4 is 23.7 Å². The number of hydrogen-bond donors (Lipinski definition) is 2. The van der Waals surface area contributed by atoms with Gasteiger partial charge in [-0.05, 0) is 57.5 Å². The number of anilines is 1. The van der Waals surface area contributed by atoms with Crippen LogP contribution in [0.5, 0.6) is 0 Å². The zero-order valence-corrected chi connectivity index (χ0v) is 17.3. The average molecular weight is 406 g/mol. The molecule has 1 heterocycles. The third kappa shape index (κ3) is 4.46. The number of aromatic nitrogens is 1. The van der Waals surface area contributed by atoms with Gasteiger partial charge in [0.25, 0.3) is 0 Å². The van der Waals surface area contributed by atoms with E-state index in [1.807, 2.05) is 19.9 Å². The molecule has 1 aromatic heterocycles. The third-order valence-electron chi connectivity index (χ3n) is 4.76. The number of benzene rings is 2. The number of nitrogens with zero attached hydrogens (tertiary/aromatic N) is 2. The summed E-state index contributed by atoms with van der Waals surface area (Å²) in [5.41, 5.74) is 8.29. The summed E-state index contributed by atoms with van der Waals surface area (Å²) in [4.78, 5) is 23.9. The van der Waals surface area contributed by atoms with Crippen LogP contribution in [0, 0.1) is 33.5 Å². The fraction of sp³-hybridized carbons (Fsp3) is 0.174. The Hall–Kier alpha value is -3.74. The number of rotatable bonds is 4. The number of nitrogens with one attached hydrogen (secondary N) is 2. The first kappa shape index (κ1) is 21.0. The number of halogens is 1. The minimum atomic E-state index is -1.00. The highest BCUT2D eigenvalue weighted by Gasteiger charge is 2.15. The Morgan fingerprint density at radius 2 is 1.73 bits per heavy atom. The zero-order valence-electron chi connectivity index (χ0n) is 17.3. The smallest absolute Gasteiger partial charge is 0.318 e. The van der Waals surface area contributed by atoms with Gasteiger partial charge < -0.3 is 9.88 Å². The molecule has 7 heteroatoms. The van der Waals surface area contributed by atoms with Crippen molar-refractivity contribution in [2.24, 2.45) is 5.10 Å². The van der Waals surface area contributed by atoms with Crippen molar-refractivity contribution < 1.29 is 14.0 Å². The van der Waals surface area contributed by atoms with Crippen molar-refractivity contribution in [3.63, 3.8) is 0 Å². The lowest BCUT2D eigenvalue weighted by Gasteiger charge is -2.13. The van der Waals surface area contributed by atoms with Crippen LogP contribution in [0.1, 0.15) is 28.1 Å². The van der Waals surface area contributed by atoms with E-state index in [0.717, 1.165) is 28.2 Å². The van der Waals surface area contributed by atoms with Crippen molar-refractivity contribution in [2.75, 3.05) is 5.32 Å². The maximum Gasteiger partial charge on any atom is 0.329 e. The number of aryl methyl sites for hydroxylation is 3. The lowest BCUT2D eigenvalue weighted by Crippen LogP contribution is -2.32. The van der Waals surface area contributed by atoms with Gasteiger partial charge in [0.1, 0.15) is 5.82 Å². The largest absolute Gasteiger partial charge is 0.329 e. The van der Waals surface area contributed by atoms with Crippen molar-refractivity contribution in [3.8, 4) is 5.69 Å². The lowest BCUT2D eigenvalue weighted by atomic mass is 10.1. The molecule has 0 fully saturated rings. The monoisotopic (exact) mass is 406 g/mol. The van der Waals surface area contributed by atoms with Crippen LogP contribution in [-0.2, 0) is 9.59 Å². The minimum absolute atomic E-state index is 0.0707. The van der Waals surface area contributed by atoms with Gasteiger partial charge in [-0.3, -0.25) is 9.59 Å². The van der Waals surface area contributed by atoms with E-state index < -0.39 is 17.6 Å². The van der Waals surface area contributed by atoms with Crippen LogP contribution in [0.3, 0.4) is 0 Å². The SMILES string of the molecule is Cc1ccc(-n2c(C)cc(/C=N\NC(=O)C(=O)Nc3ccccc3F)c2C)c(C)c1. The van der Waals surface area contributed by atoms with Gasteiger partial charge in [-0.2, -0.15) is 5.10 Å². The molecule has 6 nitrogen and oxygen atoms in total. The summed E-state index contributed by atoms with van der Waals surface area (Å²) in [6, 6.07) is 13.8. The topological polar surface area (TPSA) is 75.5 Å². The molecule has 0 radical (unpaired) electrons. The molecule has 154 valence electrons. The van der Waals surface area contributed by atoms with Gasteiger partial charge in [0.05, 0.1) is 11.9 Å². The number of amides is 2. The Kier molecular flexibility index (Phi) is 6.11. The molecule has 0 atom stereocenters. The van der Waals surface area contributed by atoms with E-state index in [1.54, 1.807) is 6.07 Å². The van der Waals surface area contributed by atoms with Crippen LogP contribution in [0.25, 0.3) is 5.69 Å². The second-order valence-electron chi connectivity index (χ2n) is 7.08. The van der Waals surface area contributed by atoms with E-state index >= 15 is 0 Å². The highest BCUT2D eigenvalue weighted by Crippen LogP contribution is 2.23. The molecule has 0 spiro atoms. The third-order valence-corrected chi connectivity index (χ3v) is 4.76. The van der Waals surface area contributed by atoms with Gasteiger partial charge in [-0.1, -0.05) is 29.8 Å². The summed E-state index contributed by atoms with van der Waals surface area (Å²) in [6.07, 6.45) is 1.48. The maximum absolute atomic E-state index is 13.6. The Balaban J connectivity index is 1.71.